The lowest BCUT2D eigenvalue weighted by molar-refractivity contribution is 0.683. The molecule has 0 saturated heterocycles. The molecule has 3 aliphatic rings. The van der Waals surface area contributed by atoms with Crippen LogP contribution in [0, 0.1) is 0 Å². The highest BCUT2D eigenvalue weighted by molar-refractivity contribution is 6.00. The molecule has 57 heavy (non-hydrogen) atoms. The molecule has 11 rings (SSSR count). The van der Waals surface area contributed by atoms with Crippen molar-refractivity contribution in [2.75, 3.05) is 4.90 Å². The van der Waals surface area contributed by atoms with Crippen LogP contribution in [-0.4, -0.2) is 0 Å². The molecule has 0 aliphatic heterocycles. The normalized spacial score (nSPS) is 14.2. The quantitative estimate of drug-likeness (QED) is 0.165. The first-order valence-electron chi connectivity index (χ1n) is 20.8. The van der Waals surface area contributed by atoms with Crippen LogP contribution in [0.5, 0.6) is 0 Å². The largest absolute Gasteiger partial charge is 0.310 e. The fourth-order valence-electron chi connectivity index (χ4n) is 10.5. The van der Waals surface area contributed by atoms with Crippen molar-refractivity contribution >= 4 is 17.1 Å². The van der Waals surface area contributed by atoms with Crippen molar-refractivity contribution in [1.29, 1.82) is 0 Å². The Balaban J connectivity index is 1.25. The fourth-order valence-corrected chi connectivity index (χ4v) is 10.5. The molecular weight excluding hydrogens is 687 g/mol. The van der Waals surface area contributed by atoms with Gasteiger partial charge in [-0.3, -0.25) is 0 Å². The smallest absolute Gasteiger partial charge is 0.0726 e. The van der Waals surface area contributed by atoms with Gasteiger partial charge in [-0.1, -0.05) is 159 Å². The number of benzene rings is 8. The van der Waals surface area contributed by atoms with Gasteiger partial charge in [-0.25, -0.2) is 0 Å². The Morgan fingerprint density at radius 3 is 1.49 bits per heavy atom. The van der Waals surface area contributed by atoms with E-state index >= 15 is 0 Å². The molecule has 1 spiro atoms. The fraction of sp³-hybridized carbons (Fsp3) is 0.143. The van der Waals surface area contributed by atoms with Crippen molar-refractivity contribution in [3.63, 3.8) is 0 Å². The number of nitrogens with zero attached hydrogens (tertiary/aromatic N) is 1. The van der Waals surface area contributed by atoms with Crippen LogP contribution in [0.25, 0.3) is 44.5 Å². The summed E-state index contributed by atoms with van der Waals surface area (Å²) < 4.78 is 0. The van der Waals surface area contributed by atoms with Crippen LogP contribution >= 0.6 is 0 Å². The van der Waals surface area contributed by atoms with Crippen LogP contribution in [0.3, 0.4) is 0 Å². The van der Waals surface area contributed by atoms with Gasteiger partial charge >= 0.3 is 0 Å². The second-order valence-corrected chi connectivity index (χ2v) is 16.5. The Bertz CT molecular complexity index is 2760. The molecule has 1 heteroatoms. The second-order valence-electron chi connectivity index (χ2n) is 16.5. The molecule has 1 nitrogen and oxygen atoms in total. The average molecular weight is 732 g/mol. The lowest BCUT2D eigenvalue weighted by Crippen LogP contribution is -2.26. The lowest BCUT2D eigenvalue weighted by atomic mass is 9.70. The molecule has 0 saturated carbocycles. The van der Waals surface area contributed by atoms with E-state index in [1.54, 1.807) is 0 Å². The van der Waals surface area contributed by atoms with Crippen molar-refractivity contribution in [1.82, 2.24) is 0 Å². The predicted octanol–water partition coefficient (Wildman–Crippen LogP) is 14.8. The average Bonchev–Trinajstić information content (AvgIpc) is 3.73. The maximum atomic E-state index is 2.59. The zero-order valence-electron chi connectivity index (χ0n) is 32.7. The first kappa shape index (κ1) is 33.9. The first-order chi connectivity index (χ1) is 28.1. The van der Waals surface area contributed by atoms with Gasteiger partial charge in [0.05, 0.1) is 11.1 Å². The van der Waals surface area contributed by atoms with Crippen molar-refractivity contribution < 1.29 is 0 Å². The Kier molecular flexibility index (Phi) is 7.93. The van der Waals surface area contributed by atoms with E-state index in [0.29, 0.717) is 5.92 Å². The number of anilines is 3. The summed E-state index contributed by atoms with van der Waals surface area (Å²) in [7, 11) is 0. The monoisotopic (exact) mass is 731 g/mol. The van der Waals surface area contributed by atoms with E-state index in [-0.39, 0.29) is 0 Å². The van der Waals surface area contributed by atoms with Crippen LogP contribution in [0.2, 0.25) is 0 Å². The van der Waals surface area contributed by atoms with Gasteiger partial charge in [0.1, 0.15) is 0 Å². The highest BCUT2D eigenvalue weighted by Gasteiger charge is 2.52. The molecule has 274 valence electrons. The lowest BCUT2D eigenvalue weighted by Gasteiger charge is -2.34. The minimum atomic E-state index is -0.442. The van der Waals surface area contributed by atoms with Crippen molar-refractivity contribution in [3.05, 3.63) is 221 Å². The molecule has 0 radical (unpaired) electrons. The number of para-hydroxylation sites is 1. The summed E-state index contributed by atoms with van der Waals surface area (Å²) in [5.74, 6) is 0.371. The molecule has 0 fully saturated rings. The third kappa shape index (κ3) is 5.15. The molecule has 0 aromatic heterocycles. The zero-order chi connectivity index (χ0) is 38.1. The molecular formula is C56H45N. The Hall–Kier alpha value is -6.44. The highest BCUT2D eigenvalue weighted by atomic mass is 15.1. The van der Waals surface area contributed by atoms with E-state index in [0.717, 1.165) is 17.8 Å². The molecule has 3 aliphatic carbocycles. The standard InChI is InChI=1S/C56H45N/c1-37(2)47-33-40-19-9-10-20-41(40)34-48(47)50-35-49-46-25-13-16-28-53(46)56(51-26-14-11-23-44(51)45-24-12-15-27-52(45)56)54(49)36-55(50)57(42-21-7-4-8-22-42)43-31-29-39(30-32-43)38-17-5-3-6-18-38/h3-8,11-18,21-37H,9-10,19-20H2,1-2H3. The summed E-state index contributed by atoms with van der Waals surface area (Å²) in [5.41, 5.74) is 23.4. The molecule has 0 heterocycles. The van der Waals surface area contributed by atoms with Crippen molar-refractivity contribution in [2.45, 2.75) is 50.9 Å². The third-order valence-corrected chi connectivity index (χ3v) is 13.0. The number of fused-ring (bicyclic) bond motifs is 11. The maximum Gasteiger partial charge on any atom is 0.0726 e. The van der Waals surface area contributed by atoms with Gasteiger partial charge in [0.15, 0.2) is 0 Å². The van der Waals surface area contributed by atoms with E-state index in [1.807, 2.05) is 0 Å². The van der Waals surface area contributed by atoms with E-state index in [1.165, 1.54) is 108 Å². The zero-order valence-corrected chi connectivity index (χ0v) is 32.7. The van der Waals surface area contributed by atoms with Crippen LogP contribution in [0.1, 0.15) is 71.6 Å². The number of aryl methyl sites for hydroxylation is 2. The number of hydrogen-bond acceptors (Lipinski definition) is 1. The molecule has 8 aromatic rings. The molecule has 0 N–H and O–H groups in total. The van der Waals surface area contributed by atoms with Crippen LogP contribution < -0.4 is 4.90 Å². The van der Waals surface area contributed by atoms with Crippen molar-refractivity contribution in [3.8, 4) is 44.5 Å². The summed E-state index contributed by atoms with van der Waals surface area (Å²) in [6.07, 6.45) is 4.84. The Morgan fingerprint density at radius 1 is 0.404 bits per heavy atom. The molecule has 0 bridgehead atoms. The van der Waals surface area contributed by atoms with Gasteiger partial charge < -0.3 is 4.90 Å². The van der Waals surface area contributed by atoms with Gasteiger partial charge in [0.2, 0.25) is 0 Å². The summed E-state index contributed by atoms with van der Waals surface area (Å²) in [4.78, 5) is 2.53. The van der Waals surface area contributed by atoms with Gasteiger partial charge in [0, 0.05) is 16.9 Å². The van der Waals surface area contributed by atoms with Gasteiger partial charge in [-0.2, -0.15) is 0 Å². The van der Waals surface area contributed by atoms with E-state index < -0.39 is 5.41 Å². The Labute approximate surface area is 336 Å². The van der Waals surface area contributed by atoms with E-state index in [2.05, 4.69) is 201 Å². The maximum absolute atomic E-state index is 2.59. The first-order valence-corrected chi connectivity index (χ1v) is 20.8. The Morgan fingerprint density at radius 2 is 0.895 bits per heavy atom. The van der Waals surface area contributed by atoms with Crippen LogP contribution in [-0.2, 0) is 18.3 Å². The SMILES string of the molecule is CC(C)c1cc2c(cc1-c1cc3c(cc1N(c1ccccc1)c1ccc(-c4ccccc4)cc1)C1(c4ccccc4-c4ccccc41)c1ccccc1-3)CCCC2. The summed E-state index contributed by atoms with van der Waals surface area (Å²) >= 11 is 0. The highest BCUT2D eigenvalue weighted by Crippen LogP contribution is 2.64. The molecule has 0 amide bonds. The summed E-state index contributed by atoms with van der Waals surface area (Å²) in [6.45, 7) is 4.74. The van der Waals surface area contributed by atoms with Gasteiger partial charge in [-0.15, -0.1) is 0 Å². The minimum Gasteiger partial charge on any atom is -0.310 e. The molecule has 0 unspecified atom stereocenters. The van der Waals surface area contributed by atoms with E-state index in [9.17, 15) is 0 Å². The summed E-state index contributed by atoms with van der Waals surface area (Å²) in [6, 6.07) is 68.7. The predicted molar refractivity (Wildman–Crippen MR) is 239 cm³/mol. The second kappa shape index (κ2) is 13.4. The minimum absolute atomic E-state index is 0.371. The molecule has 0 atom stereocenters. The number of hydrogen-bond donors (Lipinski definition) is 0. The van der Waals surface area contributed by atoms with Crippen molar-refractivity contribution in [2.24, 2.45) is 0 Å². The van der Waals surface area contributed by atoms with Crippen LogP contribution in [0.4, 0.5) is 17.1 Å². The van der Waals surface area contributed by atoms with Gasteiger partial charge in [0.25, 0.3) is 0 Å². The van der Waals surface area contributed by atoms with Crippen LogP contribution in [0.15, 0.2) is 182 Å². The molecule has 8 aromatic carbocycles. The summed E-state index contributed by atoms with van der Waals surface area (Å²) in [5, 5.41) is 0. The third-order valence-electron chi connectivity index (χ3n) is 13.0. The van der Waals surface area contributed by atoms with Gasteiger partial charge in [-0.05, 0) is 146 Å². The van der Waals surface area contributed by atoms with E-state index in [4.69, 9.17) is 0 Å². The topological polar surface area (TPSA) is 3.24 Å². The number of rotatable bonds is 6.